The summed E-state index contributed by atoms with van der Waals surface area (Å²) in [7, 11) is -3.58. The predicted octanol–water partition coefficient (Wildman–Crippen LogP) is 2.02. The number of rotatable bonds is 8. The molecule has 1 N–H and O–H groups in total. The third-order valence-corrected chi connectivity index (χ3v) is 5.75. The van der Waals surface area contributed by atoms with E-state index in [0.717, 1.165) is 19.5 Å². The largest absolute Gasteiger partial charge is 0.462 e. The molecule has 1 heterocycles. The third-order valence-electron chi connectivity index (χ3n) is 4.31. The molecule has 1 unspecified atom stereocenters. The molecule has 1 aliphatic rings. The fraction of sp³-hybridized carbons (Fsp3) is 0.588. The molecule has 0 saturated carbocycles. The summed E-state index contributed by atoms with van der Waals surface area (Å²) in [5.41, 5.74) is 0.347. The molecule has 0 radical (unpaired) electrons. The molecule has 2 rings (SSSR count). The summed E-state index contributed by atoms with van der Waals surface area (Å²) in [6.45, 7) is 6.56. The van der Waals surface area contributed by atoms with Gasteiger partial charge < -0.3 is 4.74 Å². The number of hydrogen-bond acceptors (Lipinski definition) is 5. The first-order valence-electron chi connectivity index (χ1n) is 8.48. The van der Waals surface area contributed by atoms with Gasteiger partial charge in [-0.2, -0.15) is 0 Å². The minimum Gasteiger partial charge on any atom is -0.462 e. The Hall–Kier alpha value is -1.44. The molecule has 24 heavy (non-hydrogen) atoms. The van der Waals surface area contributed by atoms with E-state index in [1.54, 1.807) is 6.92 Å². The lowest BCUT2D eigenvalue weighted by molar-refractivity contribution is 0.0526. The van der Waals surface area contributed by atoms with Gasteiger partial charge in [-0.05, 0) is 63.5 Å². The second-order valence-electron chi connectivity index (χ2n) is 5.90. The average Bonchev–Trinajstić information content (AvgIpc) is 3.10. The summed E-state index contributed by atoms with van der Waals surface area (Å²) in [6.07, 6.45) is 3.27. The molecule has 0 bridgehead atoms. The monoisotopic (exact) mass is 354 g/mol. The average molecular weight is 354 g/mol. The van der Waals surface area contributed by atoms with Gasteiger partial charge in [-0.3, -0.25) is 4.90 Å². The lowest BCUT2D eigenvalue weighted by atomic mass is 10.2. The van der Waals surface area contributed by atoms with E-state index in [1.807, 2.05) is 0 Å². The molecule has 0 amide bonds. The molecule has 1 aromatic rings. The van der Waals surface area contributed by atoms with Crippen LogP contribution in [0.4, 0.5) is 0 Å². The van der Waals surface area contributed by atoms with Crippen molar-refractivity contribution in [1.29, 1.82) is 0 Å². The molecule has 0 spiro atoms. The molecule has 1 saturated heterocycles. The van der Waals surface area contributed by atoms with Gasteiger partial charge in [0.05, 0.1) is 17.1 Å². The number of esters is 1. The smallest absolute Gasteiger partial charge is 0.338 e. The molecule has 1 aliphatic heterocycles. The Morgan fingerprint density at radius 1 is 1.21 bits per heavy atom. The van der Waals surface area contributed by atoms with Crippen molar-refractivity contribution >= 4 is 16.0 Å². The molecule has 134 valence electrons. The molecular weight excluding hydrogens is 328 g/mol. The fourth-order valence-corrected chi connectivity index (χ4v) is 3.99. The quantitative estimate of drug-likeness (QED) is 0.723. The maximum Gasteiger partial charge on any atom is 0.338 e. The van der Waals surface area contributed by atoms with Crippen LogP contribution < -0.4 is 4.72 Å². The van der Waals surface area contributed by atoms with Crippen molar-refractivity contribution in [3.05, 3.63) is 29.8 Å². The summed E-state index contributed by atoms with van der Waals surface area (Å²) < 4.78 is 32.4. The van der Waals surface area contributed by atoms with E-state index in [2.05, 4.69) is 16.5 Å². The van der Waals surface area contributed by atoms with Crippen LogP contribution in [0.15, 0.2) is 29.2 Å². The molecule has 1 aromatic carbocycles. The number of likely N-dealkylation sites (tertiary alicyclic amines) is 1. The van der Waals surface area contributed by atoms with Crippen molar-refractivity contribution in [2.45, 2.75) is 44.0 Å². The summed E-state index contributed by atoms with van der Waals surface area (Å²) >= 11 is 0. The van der Waals surface area contributed by atoms with Crippen LogP contribution in [0.25, 0.3) is 0 Å². The fourth-order valence-electron chi connectivity index (χ4n) is 2.91. The highest BCUT2D eigenvalue weighted by molar-refractivity contribution is 7.89. The second-order valence-corrected chi connectivity index (χ2v) is 7.67. The molecule has 7 heteroatoms. The standard InChI is InChI=1S/C17H26N2O4S/c1-3-15(19-11-5-6-12-19)13-18-24(21,22)16-9-7-14(8-10-16)17(20)23-4-2/h7-10,15,18H,3-6,11-13H2,1-2H3. The van der Waals surface area contributed by atoms with Gasteiger partial charge in [-0.1, -0.05) is 6.92 Å². The maximum atomic E-state index is 12.4. The zero-order valence-electron chi connectivity index (χ0n) is 14.3. The Bertz CT molecular complexity index is 637. The van der Waals surface area contributed by atoms with Gasteiger partial charge in [0.25, 0.3) is 0 Å². The van der Waals surface area contributed by atoms with Crippen molar-refractivity contribution in [2.75, 3.05) is 26.2 Å². The zero-order valence-corrected chi connectivity index (χ0v) is 15.1. The predicted molar refractivity (Wildman–Crippen MR) is 92.5 cm³/mol. The summed E-state index contributed by atoms with van der Waals surface area (Å²) in [6, 6.07) is 6.05. The van der Waals surface area contributed by atoms with E-state index in [-0.39, 0.29) is 17.5 Å². The molecule has 1 atom stereocenters. The minimum absolute atomic E-state index is 0.159. The Kier molecular flexibility index (Phi) is 6.77. The van der Waals surface area contributed by atoms with Crippen molar-refractivity contribution in [1.82, 2.24) is 9.62 Å². The van der Waals surface area contributed by atoms with Crippen LogP contribution in [0, 0.1) is 0 Å². The number of benzene rings is 1. The van der Waals surface area contributed by atoms with Crippen LogP contribution in [0.3, 0.4) is 0 Å². The van der Waals surface area contributed by atoms with Gasteiger partial charge in [0.2, 0.25) is 10.0 Å². The molecule has 1 fully saturated rings. The highest BCUT2D eigenvalue weighted by Gasteiger charge is 2.23. The number of sulfonamides is 1. The SMILES string of the molecule is CCOC(=O)c1ccc(S(=O)(=O)NCC(CC)N2CCCC2)cc1. The van der Waals surface area contributed by atoms with Gasteiger partial charge in [0, 0.05) is 12.6 Å². The number of ether oxygens (including phenoxy) is 1. The highest BCUT2D eigenvalue weighted by Crippen LogP contribution is 2.15. The lowest BCUT2D eigenvalue weighted by Crippen LogP contribution is -2.42. The number of nitrogens with zero attached hydrogens (tertiary/aromatic N) is 1. The summed E-state index contributed by atoms with van der Waals surface area (Å²) in [4.78, 5) is 14.1. The molecular formula is C17H26N2O4S. The Morgan fingerprint density at radius 3 is 2.38 bits per heavy atom. The van der Waals surface area contributed by atoms with E-state index in [4.69, 9.17) is 4.74 Å². The normalized spacial score (nSPS) is 16.9. The van der Waals surface area contributed by atoms with Gasteiger partial charge in [-0.15, -0.1) is 0 Å². The molecule has 6 nitrogen and oxygen atoms in total. The first kappa shape index (κ1) is 18.9. The minimum atomic E-state index is -3.58. The first-order chi connectivity index (χ1) is 11.5. The van der Waals surface area contributed by atoms with E-state index in [9.17, 15) is 13.2 Å². The Balaban J connectivity index is 2.00. The highest BCUT2D eigenvalue weighted by atomic mass is 32.2. The molecule has 0 aliphatic carbocycles. The van der Waals surface area contributed by atoms with Gasteiger partial charge >= 0.3 is 5.97 Å². The Morgan fingerprint density at radius 2 is 1.83 bits per heavy atom. The number of hydrogen-bond donors (Lipinski definition) is 1. The van der Waals surface area contributed by atoms with Gasteiger partial charge in [-0.25, -0.2) is 17.9 Å². The van der Waals surface area contributed by atoms with Crippen molar-refractivity contribution in [3.8, 4) is 0 Å². The van der Waals surface area contributed by atoms with Crippen LogP contribution in [0.5, 0.6) is 0 Å². The second kappa shape index (κ2) is 8.60. The van der Waals surface area contributed by atoms with Crippen LogP contribution in [0.1, 0.15) is 43.5 Å². The van der Waals surface area contributed by atoms with Gasteiger partial charge in [0.15, 0.2) is 0 Å². The summed E-state index contributed by atoms with van der Waals surface area (Å²) in [5.74, 6) is -0.450. The van der Waals surface area contributed by atoms with Crippen LogP contribution in [0.2, 0.25) is 0 Å². The van der Waals surface area contributed by atoms with Crippen LogP contribution in [-0.4, -0.2) is 51.6 Å². The van der Waals surface area contributed by atoms with Crippen LogP contribution in [-0.2, 0) is 14.8 Å². The molecule has 0 aromatic heterocycles. The number of carbonyl (C=O) groups excluding carboxylic acids is 1. The maximum absolute atomic E-state index is 12.4. The van der Waals surface area contributed by atoms with Crippen molar-refractivity contribution in [2.24, 2.45) is 0 Å². The summed E-state index contributed by atoms with van der Waals surface area (Å²) in [5, 5.41) is 0. The van der Waals surface area contributed by atoms with Crippen molar-refractivity contribution in [3.63, 3.8) is 0 Å². The topological polar surface area (TPSA) is 75.7 Å². The van der Waals surface area contributed by atoms with E-state index in [0.29, 0.717) is 12.1 Å². The number of carbonyl (C=O) groups is 1. The van der Waals surface area contributed by atoms with E-state index >= 15 is 0 Å². The van der Waals surface area contributed by atoms with Gasteiger partial charge in [0.1, 0.15) is 0 Å². The van der Waals surface area contributed by atoms with E-state index < -0.39 is 16.0 Å². The van der Waals surface area contributed by atoms with Crippen molar-refractivity contribution < 1.29 is 17.9 Å². The Labute approximate surface area is 144 Å². The number of nitrogens with one attached hydrogen (secondary N) is 1. The zero-order chi connectivity index (χ0) is 17.6. The third kappa shape index (κ3) is 4.78. The lowest BCUT2D eigenvalue weighted by Gasteiger charge is -2.26. The van der Waals surface area contributed by atoms with Crippen LogP contribution >= 0.6 is 0 Å². The first-order valence-corrected chi connectivity index (χ1v) is 9.97. The van der Waals surface area contributed by atoms with E-state index in [1.165, 1.54) is 37.1 Å².